The summed E-state index contributed by atoms with van der Waals surface area (Å²) in [5.41, 5.74) is 0.691. The molecule has 0 amide bonds. The lowest BCUT2D eigenvalue weighted by Gasteiger charge is -2.17. The van der Waals surface area contributed by atoms with Gasteiger partial charge in [0.15, 0.2) is 0 Å². The fourth-order valence-electron chi connectivity index (χ4n) is 2.30. The summed E-state index contributed by atoms with van der Waals surface area (Å²) in [7, 11) is 0. The molecular weight excluding hydrogens is 288 g/mol. The first-order chi connectivity index (χ1) is 10.7. The molecule has 3 rings (SSSR count). The lowest BCUT2D eigenvalue weighted by atomic mass is 10.2. The molecule has 0 atom stereocenters. The van der Waals surface area contributed by atoms with Crippen molar-refractivity contribution in [2.24, 2.45) is 0 Å². The van der Waals surface area contributed by atoms with Gasteiger partial charge in [-0.05, 0) is 25.0 Å². The molecular formula is C14H16N4O4. The molecule has 0 spiro atoms. The molecule has 8 heteroatoms. The molecule has 0 saturated heterocycles. The van der Waals surface area contributed by atoms with Crippen LogP contribution in [0.4, 0.5) is 5.69 Å². The summed E-state index contributed by atoms with van der Waals surface area (Å²) in [6.07, 6.45) is 2.26. The number of non-ortho nitro benzene ring substituents is 1. The first-order valence-electron chi connectivity index (χ1n) is 7.09. The van der Waals surface area contributed by atoms with Gasteiger partial charge in [-0.1, -0.05) is 5.16 Å². The third-order valence-electron chi connectivity index (χ3n) is 3.59. The number of aliphatic hydroxyl groups is 1. The maximum absolute atomic E-state index is 10.6. The molecule has 1 fully saturated rings. The predicted molar refractivity (Wildman–Crippen MR) is 76.9 cm³/mol. The van der Waals surface area contributed by atoms with E-state index in [0.29, 0.717) is 36.4 Å². The molecule has 2 aromatic rings. The number of nitrogens with zero attached hydrogens (tertiary/aromatic N) is 4. The Hall–Kier alpha value is -2.32. The predicted octanol–water partition coefficient (Wildman–Crippen LogP) is 1.60. The molecule has 0 aliphatic heterocycles. The maximum atomic E-state index is 10.6. The van der Waals surface area contributed by atoms with E-state index in [0.717, 1.165) is 12.8 Å². The van der Waals surface area contributed by atoms with Crippen LogP contribution >= 0.6 is 0 Å². The van der Waals surface area contributed by atoms with Crippen LogP contribution in [0.15, 0.2) is 28.8 Å². The highest BCUT2D eigenvalue weighted by Crippen LogP contribution is 2.28. The number of benzene rings is 1. The highest BCUT2D eigenvalue weighted by atomic mass is 16.6. The molecule has 1 N–H and O–H groups in total. The minimum atomic E-state index is -0.451. The van der Waals surface area contributed by atoms with Gasteiger partial charge in [-0.15, -0.1) is 0 Å². The van der Waals surface area contributed by atoms with Gasteiger partial charge < -0.3 is 9.63 Å². The van der Waals surface area contributed by atoms with Crippen LogP contribution < -0.4 is 0 Å². The summed E-state index contributed by atoms with van der Waals surface area (Å²) in [5.74, 6) is 0.887. The van der Waals surface area contributed by atoms with Crippen molar-refractivity contribution < 1.29 is 14.6 Å². The average Bonchev–Trinajstić information content (AvgIpc) is 3.26. The topological polar surface area (TPSA) is 106 Å². The van der Waals surface area contributed by atoms with E-state index in [2.05, 4.69) is 15.0 Å². The van der Waals surface area contributed by atoms with Gasteiger partial charge in [0, 0.05) is 30.3 Å². The Balaban J connectivity index is 1.71. The molecule has 8 nitrogen and oxygen atoms in total. The second-order valence-corrected chi connectivity index (χ2v) is 5.24. The second-order valence-electron chi connectivity index (χ2n) is 5.24. The lowest BCUT2D eigenvalue weighted by Crippen LogP contribution is -2.28. The van der Waals surface area contributed by atoms with Gasteiger partial charge in [0.25, 0.3) is 5.69 Å². The summed E-state index contributed by atoms with van der Waals surface area (Å²) in [6.45, 7) is 1.19. The Morgan fingerprint density at radius 1 is 1.36 bits per heavy atom. The number of aliphatic hydroxyl groups excluding tert-OH is 1. The summed E-state index contributed by atoms with van der Waals surface area (Å²) in [5, 5.41) is 23.6. The van der Waals surface area contributed by atoms with E-state index in [1.165, 1.54) is 12.1 Å². The van der Waals surface area contributed by atoms with E-state index < -0.39 is 4.92 Å². The fraction of sp³-hybridized carbons (Fsp3) is 0.429. The minimum absolute atomic E-state index is 0.0234. The Bertz CT molecular complexity index is 651. The van der Waals surface area contributed by atoms with Crippen LogP contribution in [0, 0.1) is 10.1 Å². The van der Waals surface area contributed by atoms with Crippen molar-refractivity contribution in [1.29, 1.82) is 0 Å². The van der Waals surface area contributed by atoms with E-state index in [-0.39, 0.29) is 12.3 Å². The molecule has 1 aliphatic rings. The molecule has 1 aromatic heterocycles. The summed E-state index contributed by atoms with van der Waals surface area (Å²) in [6, 6.07) is 6.50. The first kappa shape index (κ1) is 14.6. The molecule has 1 aromatic carbocycles. The number of hydrogen-bond acceptors (Lipinski definition) is 7. The van der Waals surface area contributed by atoms with E-state index in [1.807, 2.05) is 0 Å². The Morgan fingerprint density at radius 2 is 2.09 bits per heavy atom. The largest absolute Gasteiger partial charge is 0.395 e. The molecule has 116 valence electrons. The highest BCUT2D eigenvalue weighted by molar-refractivity contribution is 5.56. The molecule has 1 heterocycles. The zero-order valence-corrected chi connectivity index (χ0v) is 11.9. The van der Waals surface area contributed by atoms with Crippen molar-refractivity contribution in [3.63, 3.8) is 0 Å². The Morgan fingerprint density at radius 3 is 2.68 bits per heavy atom. The van der Waals surface area contributed by atoms with Crippen molar-refractivity contribution in [2.75, 3.05) is 13.2 Å². The third kappa shape index (κ3) is 3.29. The van der Waals surface area contributed by atoms with E-state index in [1.54, 1.807) is 12.1 Å². The summed E-state index contributed by atoms with van der Waals surface area (Å²) >= 11 is 0. The summed E-state index contributed by atoms with van der Waals surface area (Å²) < 4.78 is 5.23. The normalized spacial score (nSPS) is 14.5. The van der Waals surface area contributed by atoms with Gasteiger partial charge in [0.1, 0.15) is 0 Å². The maximum Gasteiger partial charge on any atom is 0.269 e. The van der Waals surface area contributed by atoms with Crippen LogP contribution in [-0.2, 0) is 6.54 Å². The van der Waals surface area contributed by atoms with Crippen LogP contribution in [0.25, 0.3) is 11.4 Å². The first-order valence-corrected chi connectivity index (χ1v) is 7.09. The average molecular weight is 304 g/mol. The van der Waals surface area contributed by atoms with Crippen molar-refractivity contribution in [2.45, 2.75) is 25.4 Å². The Labute approximate surface area is 126 Å². The van der Waals surface area contributed by atoms with Crippen molar-refractivity contribution in [3.8, 4) is 11.4 Å². The summed E-state index contributed by atoms with van der Waals surface area (Å²) in [4.78, 5) is 16.6. The number of nitro benzene ring substituents is 1. The van der Waals surface area contributed by atoms with Crippen LogP contribution in [0.5, 0.6) is 0 Å². The molecule has 22 heavy (non-hydrogen) atoms. The minimum Gasteiger partial charge on any atom is -0.395 e. The number of hydrogen-bond donors (Lipinski definition) is 1. The van der Waals surface area contributed by atoms with Gasteiger partial charge >= 0.3 is 0 Å². The quantitative estimate of drug-likeness (QED) is 0.611. The molecule has 0 bridgehead atoms. The zero-order chi connectivity index (χ0) is 15.5. The second kappa shape index (κ2) is 6.20. The van der Waals surface area contributed by atoms with Crippen LogP contribution in [0.2, 0.25) is 0 Å². The van der Waals surface area contributed by atoms with Crippen LogP contribution in [-0.4, -0.2) is 44.3 Å². The number of nitro groups is 1. The monoisotopic (exact) mass is 304 g/mol. The van der Waals surface area contributed by atoms with Crippen molar-refractivity contribution >= 4 is 5.69 Å². The van der Waals surface area contributed by atoms with Crippen LogP contribution in [0.1, 0.15) is 18.7 Å². The van der Waals surface area contributed by atoms with E-state index >= 15 is 0 Å². The Kier molecular flexibility index (Phi) is 4.12. The number of aromatic nitrogens is 2. The van der Waals surface area contributed by atoms with Gasteiger partial charge in [0.05, 0.1) is 18.1 Å². The molecule has 1 saturated carbocycles. The van der Waals surface area contributed by atoms with E-state index in [9.17, 15) is 10.1 Å². The highest BCUT2D eigenvalue weighted by Gasteiger charge is 2.29. The van der Waals surface area contributed by atoms with Crippen molar-refractivity contribution in [1.82, 2.24) is 15.0 Å². The van der Waals surface area contributed by atoms with Gasteiger partial charge in [0.2, 0.25) is 11.7 Å². The van der Waals surface area contributed by atoms with Gasteiger partial charge in [-0.25, -0.2) is 0 Å². The van der Waals surface area contributed by atoms with E-state index in [4.69, 9.17) is 9.63 Å². The van der Waals surface area contributed by atoms with Gasteiger partial charge in [-0.3, -0.25) is 15.0 Å². The third-order valence-corrected chi connectivity index (χ3v) is 3.59. The van der Waals surface area contributed by atoms with Crippen molar-refractivity contribution in [3.05, 3.63) is 40.3 Å². The van der Waals surface area contributed by atoms with Crippen LogP contribution in [0.3, 0.4) is 0 Å². The SMILES string of the molecule is O=[N+]([O-])c1ccc(-c2noc(CN(CCO)C3CC3)n2)cc1. The molecule has 0 unspecified atom stereocenters. The number of rotatable bonds is 7. The molecule has 1 aliphatic carbocycles. The smallest absolute Gasteiger partial charge is 0.269 e. The standard InChI is InChI=1S/C14H16N4O4/c19-8-7-17(11-5-6-11)9-13-15-14(16-22-13)10-1-3-12(4-2-10)18(20)21/h1-4,11,19H,5-9H2. The molecule has 0 radical (unpaired) electrons. The van der Waals surface area contributed by atoms with Gasteiger partial charge in [-0.2, -0.15) is 4.98 Å². The zero-order valence-electron chi connectivity index (χ0n) is 11.9. The fourth-order valence-corrected chi connectivity index (χ4v) is 2.30. The lowest BCUT2D eigenvalue weighted by molar-refractivity contribution is -0.384.